The maximum absolute atomic E-state index is 10.2. The molecule has 0 aromatic carbocycles. The average molecular weight is 295 g/mol. The molecule has 21 heavy (non-hydrogen) atoms. The first-order chi connectivity index (χ1) is 10.00. The lowest BCUT2D eigenvalue weighted by atomic mass is 10.0. The number of nitrogens with zero attached hydrogens (tertiary/aromatic N) is 1. The van der Waals surface area contributed by atoms with Crippen LogP contribution in [0.1, 0.15) is 26.2 Å². The van der Waals surface area contributed by atoms with Gasteiger partial charge < -0.3 is 25.6 Å². The fraction of sp³-hybridized carbons (Fsp3) is 0.667. The van der Waals surface area contributed by atoms with Crippen LogP contribution in [0.5, 0.6) is 5.88 Å². The number of nitrogens with one attached hydrogen (secondary N) is 1. The predicted octanol–water partition coefficient (Wildman–Crippen LogP) is 1.65. The van der Waals surface area contributed by atoms with Crippen LogP contribution in [0.3, 0.4) is 0 Å². The van der Waals surface area contributed by atoms with Crippen LogP contribution < -0.4 is 15.8 Å². The van der Waals surface area contributed by atoms with E-state index in [0.717, 1.165) is 0 Å². The van der Waals surface area contributed by atoms with Crippen LogP contribution in [0, 0.1) is 5.92 Å². The van der Waals surface area contributed by atoms with E-state index in [-0.39, 0.29) is 0 Å². The molecular weight excluding hydrogens is 270 g/mol. The number of anilines is 2. The van der Waals surface area contributed by atoms with E-state index in [4.69, 9.17) is 15.2 Å². The van der Waals surface area contributed by atoms with Gasteiger partial charge in [-0.2, -0.15) is 4.98 Å². The minimum absolute atomic E-state index is 0.384. The van der Waals surface area contributed by atoms with Crippen LogP contribution in [0.4, 0.5) is 11.5 Å². The molecule has 6 nitrogen and oxygen atoms in total. The van der Waals surface area contributed by atoms with Crippen LogP contribution in [0.15, 0.2) is 12.1 Å². The summed E-state index contributed by atoms with van der Waals surface area (Å²) in [6.07, 6.45) is 3.00. The maximum Gasteiger partial charge on any atom is 0.239 e. The van der Waals surface area contributed by atoms with Gasteiger partial charge in [-0.05, 0) is 37.8 Å². The molecule has 1 aromatic rings. The van der Waals surface area contributed by atoms with Gasteiger partial charge >= 0.3 is 0 Å². The molecule has 1 aromatic heterocycles. The zero-order valence-corrected chi connectivity index (χ0v) is 12.8. The van der Waals surface area contributed by atoms with E-state index in [1.165, 1.54) is 12.8 Å². The van der Waals surface area contributed by atoms with Gasteiger partial charge in [0.05, 0.1) is 17.9 Å². The second kappa shape index (κ2) is 6.95. The molecule has 1 saturated carbocycles. The first kappa shape index (κ1) is 15.9. The second-order valence-electron chi connectivity index (χ2n) is 5.94. The predicted molar refractivity (Wildman–Crippen MR) is 82.5 cm³/mol. The van der Waals surface area contributed by atoms with E-state index in [0.29, 0.717) is 49.5 Å². The van der Waals surface area contributed by atoms with E-state index in [1.54, 1.807) is 26.2 Å². The Labute approximate surface area is 125 Å². The van der Waals surface area contributed by atoms with Crippen molar-refractivity contribution >= 4 is 11.5 Å². The Morgan fingerprint density at radius 1 is 1.48 bits per heavy atom. The lowest BCUT2D eigenvalue weighted by Gasteiger charge is -2.23. The summed E-state index contributed by atoms with van der Waals surface area (Å²) in [7, 11) is 1.62. The number of ether oxygens (including phenoxy) is 2. The lowest BCUT2D eigenvalue weighted by Crippen LogP contribution is -2.34. The molecule has 1 atom stereocenters. The zero-order chi connectivity index (χ0) is 15.3. The van der Waals surface area contributed by atoms with Gasteiger partial charge in [-0.25, -0.2) is 0 Å². The Balaban J connectivity index is 1.88. The number of hydrogen-bond donors (Lipinski definition) is 3. The van der Waals surface area contributed by atoms with Crippen molar-refractivity contribution in [1.29, 1.82) is 0 Å². The van der Waals surface area contributed by atoms with Crippen molar-refractivity contribution in [1.82, 2.24) is 4.98 Å². The number of nitrogen functional groups attached to an aromatic ring is 1. The van der Waals surface area contributed by atoms with E-state index in [1.807, 2.05) is 0 Å². The maximum atomic E-state index is 10.2. The highest BCUT2D eigenvalue weighted by Gasteiger charge is 2.23. The second-order valence-corrected chi connectivity index (χ2v) is 5.94. The summed E-state index contributed by atoms with van der Waals surface area (Å²) >= 11 is 0. The first-order valence-electron chi connectivity index (χ1n) is 7.35. The van der Waals surface area contributed by atoms with Gasteiger partial charge in [-0.15, -0.1) is 0 Å². The van der Waals surface area contributed by atoms with Crippen LogP contribution in [-0.2, 0) is 4.74 Å². The third kappa shape index (κ3) is 5.40. The zero-order valence-electron chi connectivity index (χ0n) is 12.8. The highest BCUT2D eigenvalue weighted by atomic mass is 16.5. The first-order valence-corrected chi connectivity index (χ1v) is 7.35. The Bertz CT molecular complexity index is 461. The molecule has 0 aliphatic heterocycles. The van der Waals surface area contributed by atoms with Gasteiger partial charge in [0.2, 0.25) is 5.88 Å². The van der Waals surface area contributed by atoms with Crippen molar-refractivity contribution in [3.63, 3.8) is 0 Å². The Morgan fingerprint density at radius 2 is 2.24 bits per heavy atom. The summed E-state index contributed by atoms with van der Waals surface area (Å²) in [6, 6.07) is 3.55. The molecule has 2 rings (SSSR count). The molecule has 0 spiro atoms. The fourth-order valence-electron chi connectivity index (χ4n) is 1.84. The molecule has 6 heteroatoms. The topological polar surface area (TPSA) is 89.6 Å². The number of aliphatic hydroxyl groups is 1. The van der Waals surface area contributed by atoms with Gasteiger partial charge in [0.1, 0.15) is 5.82 Å². The van der Waals surface area contributed by atoms with Crippen molar-refractivity contribution in [2.24, 2.45) is 5.92 Å². The minimum atomic E-state index is -0.853. The van der Waals surface area contributed by atoms with Crippen LogP contribution in [0.25, 0.3) is 0 Å². The Hall–Kier alpha value is -1.53. The molecule has 118 valence electrons. The van der Waals surface area contributed by atoms with Crippen LogP contribution in [-0.4, -0.2) is 42.6 Å². The summed E-state index contributed by atoms with van der Waals surface area (Å²) < 4.78 is 10.6. The molecule has 0 radical (unpaired) electrons. The number of methoxy groups -OCH3 is 1. The fourth-order valence-corrected chi connectivity index (χ4v) is 1.84. The van der Waals surface area contributed by atoms with E-state index in [9.17, 15) is 5.11 Å². The monoisotopic (exact) mass is 295 g/mol. The number of pyridine rings is 1. The largest absolute Gasteiger partial charge is 0.476 e. The highest BCUT2D eigenvalue weighted by molar-refractivity contribution is 5.53. The molecule has 1 aliphatic carbocycles. The van der Waals surface area contributed by atoms with E-state index < -0.39 is 5.60 Å². The number of nitrogens with two attached hydrogens (primary N) is 1. The molecule has 0 amide bonds. The van der Waals surface area contributed by atoms with Gasteiger partial charge in [0, 0.05) is 26.7 Å². The highest BCUT2D eigenvalue weighted by Crippen LogP contribution is 2.30. The van der Waals surface area contributed by atoms with E-state index in [2.05, 4.69) is 10.3 Å². The molecular formula is C15H25N3O3. The quantitative estimate of drug-likeness (QED) is 0.642. The van der Waals surface area contributed by atoms with Gasteiger partial charge in [-0.3, -0.25) is 0 Å². The van der Waals surface area contributed by atoms with E-state index >= 15 is 0 Å². The lowest BCUT2D eigenvalue weighted by molar-refractivity contribution is 0.0357. The summed E-state index contributed by atoms with van der Waals surface area (Å²) in [6.45, 7) is 3.34. The Kier molecular flexibility index (Phi) is 5.25. The van der Waals surface area contributed by atoms with Gasteiger partial charge in [0.25, 0.3) is 0 Å². The number of hydrogen-bond acceptors (Lipinski definition) is 6. The summed E-state index contributed by atoms with van der Waals surface area (Å²) in [5, 5.41) is 13.3. The molecule has 1 fully saturated rings. The average Bonchev–Trinajstić information content (AvgIpc) is 3.27. The molecule has 0 saturated heterocycles. The summed E-state index contributed by atoms with van der Waals surface area (Å²) in [5.41, 5.74) is 5.54. The molecule has 4 N–H and O–H groups in total. The van der Waals surface area contributed by atoms with Gasteiger partial charge in [-0.1, -0.05) is 0 Å². The molecule has 0 bridgehead atoms. The SMILES string of the molecule is COCCC(C)(O)CNc1ccc(N)c(OCC2CC2)n1. The Morgan fingerprint density at radius 3 is 2.90 bits per heavy atom. The van der Waals surface area contributed by atoms with Crippen molar-refractivity contribution in [2.45, 2.75) is 31.8 Å². The van der Waals surface area contributed by atoms with Gasteiger partial charge in [0.15, 0.2) is 0 Å². The van der Waals surface area contributed by atoms with Crippen LogP contribution >= 0.6 is 0 Å². The van der Waals surface area contributed by atoms with Crippen molar-refractivity contribution in [3.05, 3.63) is 12.1 Å². The van der Waals surface area contributed by atoms with Crippen LogP contribution in [0.2, 0.25) is 0 Å². The van der Waals surface area contributed by atoms with Crippen molar-refractivity contribution < 1.29 is 14.6 Å². The molecule has 1 aliphatic rings. The molecule has 1 heterocycles. The number of rotatable bonds is 9. The summed E-state index contributed by atoms with van der Waals surface area (Å²) in [4.78, 5) is 4.35. The summed E-state index contributed by atoms with van der Waals surface area (Å²) in [5.74, 6) is 1.76. The smallest absolute Gasteiger partial charge is 0.239 e. The minimum Gasteiger partial charge on any atom is -0.476 e. The normalized spacial score (nSPS) is 17.3. The standard InChI is InChI=1S/C15H25N3O3/c1-15(19,7-8-20-2)10-17-13-6-5-12(16)14(18-13)21-9-11-3-4-11/h5-6,11,19H,3-4,7-10,16H2,1-2H3,(H,17,18). The number of aromatic nitrogens is 1. The third-order valence-corrected chi connectivity index (χ3v) is 3.54. The molecule has 1 unspecified atom stereocenters. The van der Waals surface area contributed by atoms with Crippen molar-refractivity contribution in [3.8, 4) is 5.88 Å². The third-order valence-electron chi connectivity index (χ3n) is 3.54. The van der Waals surface area contributed by atoms with Crippen molar-refractivity contribution in [2.75, 3.05) is 37.9 Å².